The topological polar surface area (TPSA) is 94.8 Å². The van der Waals surface area contributed by atoms with Crippen molar-refractivity contribution < 1.29 is 22.7 Å². The zero-order valence-corrected chi connectivity index (χ0v) is 20.0. The summed E-state index contributed by atoms with van der Waals surface area (Å²) < 4.78 is 32.5. The summed E-state index contributed by atoms with van der Waals surface area (Å²) in [6.07, 6.45) is -0.221. The summed E-state index contributed by atoms with van der Waals surface area (Å²) in [4.78, 5) is 29.2. The Labute approximate surface area is 191 Å². The second-order valence-corrected chi connectivity index (χ2v) is 10.7. The van der Waals surface area contributed by atoms with Crippen LogP contribution in [0.1, 0.15) is 30.0 Å². The lowest BCUT2D eigenvalue weighted by Gasteiger charge is -2.06. The van der Waals surface area contributed by atoms with Gasteiger partial charge in [0.05, 0.1) is 28.3 Å². The number of fused-ring (bicyclic) bond motifs is 1. The molecule has 0 atom stereocenters. The third-order valence-corrected chi connectivity index (χ3v) is 7.61. The summed E-state index contributed by atoms with van der Waals surface area (Å²) in [7, 11) is -3.45. The largest absolute Gasteiger partial charge is 0.465 e. The van der Waals surface area contributed by atoms with Crippen molar-refractivity contribution in [1.82, 2.24) is 4.57 Å². The van der Waals surface area contributed by atoms with Crippen molar-refractivity contribution in [2.45, 2.75) is 39.5 Å². The van der Waals surface area contributed by atoms with Gasteiger partial charge in [-0.25, -0.2) is 8.42 Å². The van der Waals surface area contributed by atoms with Crippen LogP contribution in [-0.4, -0.2) is 37.2 Å². The van der Waals surface area contributed by atoms with Crippen molar-refractivity contribution in [2.24, 2.45) is 4.99 Å². The van der Waals surface area contributed by atoms with Crippen molar-refractivity contribution in [3.8, 4) is 0 Å². The molecule has 0 aliphatic carbocycles. The van der Waals surface area contributed by atoms with E-state index in [-0.39, 0.29) is 31.1 Å². The summed E-state index contributed by atoms with van der Waals surface area (Å²) in [5.74, 6) is -1.37. The summed E-state index contributed by atoms with van der Waals surface area (Å²) in [6.45, 7) is 5.83. The highest BCUT2D eigenvalue weighted by Gasteiger charge is 2.17. The molecule has 3 aromatic rings. The molecule has 0 N–H and O–H groups in total. The van der Waals surface area contributed by atoms with Crippen LogP contribution in [-0.2, 0) is 36.5 Å². The number of ether oxygens (including phenoxy) is 1. The Morgan fingerprint density at radius 1 is 1.12 bits per heavy atom. The number of esters is 1. The first-order valence-corrected chi connectivity index (χ1v) is 12.9. The summed E-state index contributed by atoms with van der Waals surface area (Å²) in [5, 5.41) is 0. The molecule has 2 aromatic carbocycles. The molecular formula is C23H26N2O5S2. The highest BCUT2D eigenvalue weighted by molar-refractivity contribution is 7.90. The minimum absolute atomic E-state index is 0.0743. The molecule has 9 heteroatoms. The van der Waals surface area contributed by atoms with E-state index >= 15 is 0 Å². The van der Waals surface area contributed by atoms with Gasteiger partial charge in [0.25, 0.3) is 0 Å². The van der Waals surface area contributed by atoms with E-state index in [1.807, 2.05) is 32.0 Å². The van der Waals surface area contributed by atoms with Gasteiger partial charge in [-0.3, -0.25) is 9.59 Å². The monoisotopic (exact) mass is 474 g/mol. The van der Waals surface area contributed by atoms with E-state index in [4.69, 9.17) is 4.74 Å². The first kappa shape index (κ1) is 23.9. The van der Waals surface area contributed by atoms with E-state index in [1.165, 1.54) is 11.3 Å². The molecule has 1 amide bonds. The van der Waals surface area contributed by atoms with Crippen LogP contribution in [0.5, 0.6) is 0 Å². The van der Waals surface area contributed by atoms with Gasteiger partial charge in [0, 0.05) is 6.42 Å². The molecular weight excluding hydrogens is 448 g/mol. The molecule has 0 bridgehead atoms. The third-order valence-electron chi connectivity index (χ3n) is 4.78. The molecule has 0 aliphatic rings. The van der Waals surface area contributed by atoms with Crippen molar-refractivity contribution in [3.63, 3.8) is 0 Å². The van der Waals surface area contributed by atoms with Gasteiger partial charge in [-0.2, -0.15) is 4.99 Å². The van der Waals surface area contributed by atoms with Gasteiger partial charge in [0.15, 0.2) is 14.6 Å². The van der Waals surface area contributed by atoms with Gasteiger partial charge < -0.3 is 9.30 Å². The van der Waals surface area contributed by atoms with Gasteiger partial charge in [0.1, 0.15) is 6.54 Å². The Morgan fingerprint density at radius 2 is 1.84 bits per heavy atom. The molecule has 32 heavy (non-hydrogen) atoms. The van der Waals surface area contributed by atoms with Crippen LogP contribution in [0.3, 0.4) is 0 Å². The van der Waals surface area contributed by atoms with E-state index in [2.05, 4.69) is 4.99 Å². The highest BCUT2D eigenvalue weighted by Crippen LogP contribution is 2.23. The second kappa shape index (κ2) is 10.2. The number of hydrogen-bond donors (Lipinski definition) is 0. The maximum absolute atomic E-state index is 12.6. The number of aromatic nitrogens is 1. The third kappa shape index (κ3) is 6.14. The van der Waals surface area contributed by atoms with Gasteiger partial charge >= 0.3 is 5.97 Å². The Bertz CT molecular complexity index is 1310. The predicted molar refractivity (Wildman–Crippen MR) is 125 cm³/mol. The van der Waals surface area contributed by atoms with Gasteiger partial charge in [-0.05, 0) is 43.5 Å². The van der Waals surface area contributed by atoms with Crippen molar-refractivity contribution in [3.05, 3.63) is 64.0 Å². The molecule has 1 heterocycles. The molecule has 0 spiro atoms. The van der Waals surface area contributed by atoms with Crippen molar-refractivity contribution in [1.29, 1.82) is 0 Å². The van der Waals surface area contributed by atoms with Crippen LogP contribution >= 0.6 is 11.3 Å². The number of carbonyl (C=O) groups is 2. The van der Waals surface area contributed by atoms with Crippen LogP contribution in [0.4, 0.5) is 0 Å². The fourth-order valence-electron chi connectivity index (χ4n) is 3.39. The van der Waals surface area contributed by atoms with Crippen molar-refractivity contribution in [2.75, 3.05) is 12.4 Å². The molecule has 0 radical (unpaired) electrons. The number of thiazole rings is 1. The SMILES string of the molecule is CCOC(=O)Cn1c(=NC(=O)CCS(=O)(=O)Cc2ccccc2)sc2c(C)cc(C)cc21. The summed E-state index contributed by atoms with van der Waals surface area (Å²) >= 11 is 1.30. The van der Waals surface area contributed by atoms with Gasteiger partial charge in [0.2, 0.25) is 5.91 Å². The minimum atomic E-state index is -3.45. The number of carbonyl (C=O) groups excluding carboxylic acids is 2. The quantitative estimate of drug-likeness (QED) is 0.467. The number of aryl methyl sites for hydroxylation is 2. The molecule has 0 saturated heterocycles. The van der Waals surface area contributed by atoms with E-state index in [1.54, 1.807) is 35.8 Å². The van der Waals surface area contributed by atoms with Crippen LogP contribution < -0.4 is 4.80 Å². The second-order valence-electron chi connectivity index (χ2n) is 7.54. The zero-order valence-electron chi connectivity index (χ0n) is 18.3. The number of sulfone groups is 1. The van der Waals surface area contributed by atoms with Crippen LogP contribution in [0.2, 0.25) is 0 Å². The molecule has 0 fully saturated rings. The minimum Gasteiger partial charge on any atom is -0.465 e. The molecule has 170 valence electrons. The normalized spacial score (nSPS) is 12.3. The van der Waals surface area contributed by atoms with E-state index in [0.717, 1.165) is 21.3 Å². The number of benzene rings is 2. The van der Waals surface area contributed by atoms with Crippen molar-refractivity contribution >= 4 is 43.3 Å². The standard InChI is InChI=1S/C23H26N2O5S2/c1-4-30-21(27)14-25-19-13-16(2)12-17(3)22(19)31-23(25)24-20(26)10-11-32(28,29)15-18-8-6-5-7-9-18/h5-9,12-13H,4,10-11,14-15H2,1-3H3. The highest BCUT2D eigenvalue weighted by atomic mass is 32.2. The van der Waals surface area contributed by atoms with E-state index < -0.39 is 21.7 Å². The first-order valence-electron chi connectivity index (χ1n) is 10.3. The lowest BCUT2D eigenvalue weighted by atomic mass is 10.1. The molecule has 7 nitrogen and oxygen atoms in total. The fourth-order valence-corrected chi connectivity index (χ4v) is 5.82. The van der Waals surface area contributed by atoms with Gasteiger partial charge in [-0.15, -0.1) is 0 Å². The summed E-state index contributed by atoms with van der Waals surface area (Å²) in [5.41, 5.74) is 3.51. The number of nitrogens with zero attached hydrogens (tertiary/aromatic N) is 2. The zero-order chi connectivity index (χ0) is 23.3. The lowest BCUT2D eigenvalue weighted by molar-refractivity contribution is -0.143. The Balaban J connectivity index is 1.87. The maximum Gasteiger partial charge on any atom is 0.326 e. The average molecular weight is 475 g/mol. The molecule has 0 unspecified atom stereocenters. The number of hydrogen-bond acceptors (Lipinski definition) is 6. The summed E-state index contributed by atoms with van der Waals surface area (Å²) in [6, 6.07) is 12.8. The van der Waals surface area contributed by atoms with Crippen LogP contribution in [0, 0.1) is 13.8 Å². The van der Waals surface area contributed by atoms with E-state index in [9.17, 15) is 18.0 Å². The lowest BCUT2D eigenvalue weighted by Crippen LogP contribution is -2.23. The number of rotatable bonds is 8. The number of amides is 1. The first-order chi connectivity index (χ1) is 15.2. The Morgan fingerprint density at radius 3 is 2.53 bits per heavy atom. The maximum atomic E-state index is 12.6. The predicted octanol–water partition coefficient (Wildman–Crippen LogP) is 3.32. The fraction of sp³-hybridized carbons (Fsp3) is 0.348. The van der Waals surface area contributed by atoms with Crippen LogP contribution in [0.25, 0.3) is 10.2 Å². The molecule has 3 rings (SSSR count). The van der Waals surface area contributed by atoms with Crippen LogP contribution in [0.15, 0.2) is 47.5 Å². The Kier molecular flexibility index (Phi) is 7.63. The Hall–Kier alpha value is -2.78. The smallest absolute Gasteiger partial charge is 0.326 e. The molecule has 0 saturated carbocycles. The van der Waals surface area contributed by atoms with E-state index in [0.29, 0.717) is 10.4 Å². The van der Waals surface area contributed by atoms with Gasteiger partial charge in [-0.1, -0.05) is 47.7 Å². The average Bonchev–Trinajstić information content (AvgIpc) is 3.04. The molecule has 0 aliphatic heterocycles. The molecule has 1 aromatic heterocycles.